The summed E-state index contributed by atoms with van der Waals surface area (Å²) in [6.45, 7) is 0.918. The minimum atomic E-state index is 0.592. The summed E-state index contributed by atoms with van der Waals surface area (Å²) in [6.07, 6.45) is 2.87. The van der Waals surface area contributed by atoms with Gasteiger partial charge in [-0.2, -0.15) is 0 Å². The van der Waals surface area contributed by atoms with Crippen LogP contribution < -0.4 is 5.32 Å². The molecule has 1 aliphatic rings. The molecule has 2 heterocycles. The highest BCUT2D eigenvalue weighted by atomic mass is 35.5. The fraction of sp³-hybridized carbons (Fsp3) is 0.429. The van der Waals surface area contributed by atoms with Gasteiger partial charge in [0, 0.05) is 12.1 Å². The molecule has 1 aromatic heterocycles. The molecule has 0 saturated carbocycles. The maximum Gasteiger partial charge on any atom is 0.190 e. The predicted octanol–water partition coefficient (Wildman–Crippen LogP) is 1.82. The van der Waals surface area contributed by atoms with Crippen LogP contribution in [0.4, 0.5) is 5.82 Å². The number of thioether (sulfide) groups is 1. The number of hydrogen-bond donors (Lipinski definition) is 1. The van der Waals surface area contributed by atoms with Crippen molar-refractivity contribution in [3.05, 3.63) is 10.7 Å². The Hall–Kier alpha value is -0.480. The monoisotopic (exact) mass is 201 g/mol. The average molecular weight is 202 g/mol. The summed E-state index contributed by atoms with van der Waals surface area (Å²) in [5, 5.41) is 4.49. The fourth-order valence-electron chi connectivity index (χ4n) is 1.20. The summed E-state index contributed by atoms with van der Waals surface area (Å²) < 4.78 is 0. The van der Waals surface area contributed by atoms with E-state index in [1.54, 1.807) is 0 Å². The Kier molecular flexibility index (Phi) is 2.11. The highest BCUT2D eigenvalue weighted by Crippen LogP contribution is 2.27. The Morgan fingerprint density at radius 2 is 2.33 bits per heavy atom. The standard InChI is InChI=1S/C7H8ClN3S/c1-12-7-10-5(8)4-2-3-9-6(4)11-7/h2-3H2,1H3,(H,9,10,11). The number of aromatic nitrogens is 2. The minimum absolute atomic E-state index is 0.592. The summed E-state index contributed by atoms with van der Waals surface area (Å²) in [4.78, 5) is 8.43. The molecular formula is C7H8ClN3S. The summed E-state index contributed by atoms with van der Waals surface area (Å²) in [6, 6.07) is 0. The Bertz CT molecular complexity index is 316. The molecule has 0 aliphatic carbocycles. The topological polar surface area (TPSA) is 37.8 Å². The molecule has 0 saturated heterocycles. The third-order valence-electron chi connectivity index (χ3n) is 1.79. The van der Waals surface area contributed by atoms with E-state index in [1.807, 2.05) is 6.26 Å². The summed E-state index contributed by atoms with van der Waals surface area (Å²) >= 11 is 7.45. The third kappa shape index (κ3) is 1.25. The van der Waals surface area contributed by atoms with Gasteiger partial charge in [-0.15, -0.1) is 0 Å². The van der Waals surface area contributed by atoms with Gasteiger partial charge in [0.1, 0.15) is 11.0 Å². The van der Waals surface area contributed by atoms with Crippen molar-refractivity contribution in [2.24, 2.45) is 0 Å². The van der Waals surface area contributed by atoms with Crippen molar-refractivity contribution < 1.29 is 0 Å². The first-order valence-corrected chi connectivity index (χ1v) is 5.26. The van der Waals surface area contributed by atoms with Crippen molar-refractivity contribution in [3.63, 3.8) is 0 Å². The smallest absolute Gasteiger partial charge is 0.190 e. The normalized spacial score (nSPS) is 14.2. The fourth-order valence-corrected chi connectivity index (χ4v) is 1.88. The predicted molar refractivity (Wildman–Crippen MR) is 51.0 cm³/mol. The van der Waals surface area contributed by atoms with Crippen LogP contribution in [-0.2, 0) is 6.42 Å². The van der Waals surface area contributed by atoms with Crippen LogP contribution in [0.15, 0.2) is 5.16 Å². The Labute approximate surface area is 79.9 Å². The largest absolute Gasteiger partial charge is 0.369 e. The SMILES string of the molecule is CSc1nc(Cl)c2c(n1)NCC2. The van der Waals surface area contributed by atoms with Crippen molar-refractivity contribution in [2.75, 3.05) is 18.1 Å². The van der Waals surface area contributed by atoms with Gasteiger partial charge in [0.25, 0.3) is 0 Å². The molecule has 0 aromatic carbocycles. The Balaban J connectivity index is 2.51. The Morgan fingerprint density at radius 3 is 3.08 bits per heavy atom. The van der Waals surface area contributed by atoms with Crippen LogP contribution in [0.2, 0.25) is 5.15 Å². The first-order valence-electron chi connectivity index (χ1n) is 3.65. The molecule has 0 bridgehead atoms. The second-order valence-corrected chi connectivity index (χ2v) is 3.64. The van der Waals surface area contributed by atoms with Gasteiger partial charge < -0.3 is 5.32 Å². The van der Waals surface area contributed by atoms with E-state index in [2.05, 4.69) is 15.3 Å². The number of fused-ring (bicyclic) bond motifs is 1. The zero-order valence-corrected chi connectivity index (χ0v) is 8.17. The van der Waals surface area contributed by atoms with Crippen molar-refractivity contribution in [3.8, 4) is 0 Å². The Morgan fingerprint density at radius 1 is 1.50 bits per heavy atom. The van der Waals surface area contributed by atoms with E-state index in [0.717, 1.165) is 29.5 Å². The maximum atomic E-state index is 5.95. The minimum Gasteiger partial charge on any atom is -0.369 e. The number of nitrogens with one attached hydrogen (secondary N) is 1. The van der Waals surface area contributed by atoms with E-state index in [1.165, 1.54) is 11.8 Å². The molecule has 64 valence electrons. The maximum absolute atomic E-state index is 5.95. The molecule has 0 spiro atoms. The van der Waals surface area contributed by atoms with Gasteiger partial charge in [-0.05, 0) is 12.7 Å². The van der Waals surface area contributed by atoms with Crippen molar-refractivity contribution in [1.29, 1.82) is 0 Å². The van der Waals surface area contributed by atoms with Crippen LogP contribution in [0.1, 0.15) is 5.56 Å². The van der Waals surface area contributed by atoms with Crippen LogP contribution in [0.3, 0.4) is 0 Å². The molecule has 1 aliphatic heterocycles. The number of rotatable bonds is 1. The van der Waals surface area contributed by atoms with Crippen LogP contribution >= 0.6 is 23.4 Å². The average Bonchev–Trinajstić information content (AvgIpc) is 2.52. The molecular weight excluding hydrogens is 194 g/mol. The van der Waals surface area contributed by atoms with Gasteiger partial charge in [-0.1, -0.05) is 23.4 Å². The lowest BCUT2D eigenvalue weighted by molar-refractivity contribution is 0.965. The second-order valence-electron chi connectivity index (χ2n) is 2.51. The highest BCUT2D eigenvalue weighted by molar-refractivity contribution is 7.98. The number of nitrogens with zero attached hydrogens (tertiary/aromatic N) is 2. The van der Waals surface area contributed by atoms with Gasteiger partial charge in [0.15, 0.2) is 5.16 Å². The van der Waals surface area contributed by atoms with Crippen LogP contribution in [0.25, 0.3) is 0 Å². The molecule has 0 fully saturated rings. The molecule has 0 unspecified atom stereocenters. The molecule has 0 radical (unpaired) electrons. The molecule has 0 amide bonds. The molecule has 12 heavy (non-hydrogen) atoms. The van der Waals surface area contributed by atoms with Crippen molar-refractivity contribution >= 4 is 29.2 Å². The first-order chi connectivity index (χ1) is 5.81. The number of hydrogen-bond acceptors (Lipinski definition) is 4. The van der Waals surface area contributed by atoms with Gasteiger partial charge in [-0.25, -0.2) is 9.97 Å². The first kappa shape index (κ1) is 8.13. The third-order valence-corrected chi connectivity index (χ3v) is 2.65. The van der Waals surface area contributed by atoms with Gasteiger partial charge in [0.05, 0.1) is 0 Å². The quantitative estimate of drug-likeness (QED) is 0.427. The molecule has 1 N–H and O–H groups in total. The van der Waals surface area contributed by atoms with E-state index < -0.39 is 0 Å². The lowest BCUT2D eigenvalue weighted by atomic mass is 10.3. The van der Waals surface area contributed by atoms with E-state index >= 15 is 0 Å². The lowest BCUT2D eigenvalue weighted by Gasteiger charge is -2.01. The molecule has 2 rings (SSSR count). The summed E-state index contributed by atoms with van der Waals surface area (Å²) in [7, 11) is 0. The number of anilines is 1. The molecule has 0 atom stereocenters. The van der Waals surface area contributed by atoms with Crippen molar-refractivity contribution in [2.45, 2.75) is 11.6 Å². The lowest BCUT2D eigenvalue weighted by Crippen LogP contribution is -1.95. The zero-order chi connectivity index (χ0) is 8.55. The summed E-state index contributed by atoms with van der Waals surface area (Å²) in [5.74, 6) is 0.902. The molecule has 3 nitrogen and oxygen atoms in total. The molecule has 1 aromatic rings. The van der Waals surface area contributed by atoms with Gasteiger partial charge in [-0.3, -0.25) is 0 Å². The van der Waals surface area contributed by atoms with E-state index in [-0.39, 0.29) is 0 Å². The summed E-state index contributed by atoms with van der Waals surface area (Å²) in [5.41, 5.74) is 1.05. The highest BCUT2D eigenvalue weighted by Gasteiger charge is 2.16. The zero-order valence-electron chi connectivity index (χ0n) is 6.59. The molecule has 5 heteroatoms. The van der Waals surface area contributed by atoms with E-state index in [9.17, 15) is 0 Å². The van der Waals surface area contributed by atoms with Crippen LogP contribution in [0, 0.1) is 0 Å². The van der Waals surface area contributed by atoms with Crippen molar-refractivity contribution in [1.82, 2.24) is 9.97 Å². The van der Waals surface area contributed by atoms with Gasteiger partial charge >= 0.3 is 0 Å². The second kappa shape index (κ2) is 3.11. The van der Waals surface area contributed by atoms with E-state index in [0.29, 0.717) is 5.15 Å². The van der Waals surface area contributed by atoms with Crippen LogP contribution in [0.5, 0.6) is 0 Å². The number of halogens is 1. The van der Waals surface area contributed by atoms with E-state index in [4.69, 9.17) is 11.6 Å². The van der Waals surface area contributed by atoms with Gasteiger partial charge in [0.2, 0.25) is 0 Å². The van der Waals surface area contributed by atoms with Crippen LogP contribution in [-0.4, -0.2) is 22.8 Å².